The summed E-state index contributed by atoms with van der Waals surface area (Å²) in [7, 11) is 1.54. The lowest BCUT2D eigenvalue weighted by Crippen LogP contribution is -2.16. The third-order valence-electron chi connectivity index (χ3n) is 2.78. The van der Waals surface area contributed by atoms with Gasteiger partial charge in [0.2, 0.25) is 0 Å². The Balaban J connectivity index is 2.63. The molecule has 0 unspecified atom stereocenters. The Labute approximate surface area is 119 Å². The quantitative estimate of drug-likeness (QED) is 0.586. The maximum absolute atomic E-state index is 11.5. The molecule has 112 valence electrons. The Kier molecular flexibility index (Phi) is 6.87. The zero-order chi connectivity index (χ0) is 15.0. The van der Waals surface area contributed by atoms with Crippen LogP contribution in [0.5, 0.6) is 11.5 Å². The van der Waals surface area contributed by atoms with Gasteiger partial charge in [0.15, 0.2) is 6.61 Å². The highest BCUT2D eigenvalue weighted by atomic mass is 16.6. The van der Waals surface area contributed by atoms with Crippen LogP contribution in [0.1, 0.15) is 38.4 Å². The van der Waals surface area contributed by atoms with Gasteiger partial charge in [-0.25, -0.2) is 4.79 Å². The van der Waals surface area contributed by atoms with Crippen LogP contribution in [-0.4, -0.2) is 31.4 Å². The van der Waals surface area contributed by atoms with Crippen LogP contribution in [0.15, 0.2) is 18.2 Å². The number of hydrogen-bond acceptors (Lipinski definition) is 5. The minimum absolute atomic E-state index is 0.184. The second-order valence-electron chi connectivity index (χ2n) is 4.44. The number of carbonyl (C=O) groups excluding carboxylic acids is 1. The fourth-order valence-corrected chi connectivity index (χ4v) is 1.62. The van der Waals surface area contributed by atoms with E-state index in [2.05, 4.69) is 0 Å². The van der Waals surface area contributed by atoms with Gasteiger partial charge in [-0.1, -0.05) is 13.3 Å². The van der Waals surface area contributed by atoms with Crippen LogP contribution in [0.25, 0.3) is 0 Å². The average Bonchev–Trinajstić information content (AvgIpc) is 2.44. The zero-order valence-corrected chi connectivity index (χ0v) is 12.2. The van der Waals surface area contributed by atoms with Crippen molar-refractivity contribution >= 4 is 5.97 Å². The predicted octanol–water partition coefficient (Wildman–Crippen LogP) is 2.47. The van der Waals surface area contributed by atoms with E-state index < -0.39 is 12.1 Å². The molecule has 1 atom stereocenters. The molecule has 0 spiro atoms. The van der Waals surface area contributed by atoms with Crippen LogP contribution >= 0.6 is 0 Å². The molecule has 1 aromatic carbocycles. The van der Waals surface area contributed by atoms with Gasteiger partial charge in [-0.05, 0) is 25.5 Å². The van der Waals surface area contributed by atoms with Gasteiger partial charge in [0.05, 0.1) is 19.8 Å². The monoisotopic (exact) mass is 282 g/mol. The number of ether oxygens (including phenoxy) is 3. The van der Waals surface area contributed by atoms with Crippen LogP contribution in [0, 0.1) is 0 Å². The van der Waals surface area contributed by atoms with Gasteiger partial charge >= 0.3 is 5.97 Å². The minimum Gasteiger partial charge on any atom is -0.497 e. The number of aliphatic hydroxyl groups is 1. The minimum atomic E-state index is -0.688. The van der Waals surface area contributed by atoms with Crippen molar-refractivity contribution in [1.82, 2.24) is 0 Å². The molecule has 0 heterocycles. The summed E-state index contributed by atoms with van der Waals surface area (Å²) in [5, 5.41) is 9.67. The first-order valence-corrected chi connectivity index (χ1v) is 6.73. The van der Waals surface area contributed by atoms with Gasteiger partial charge in [0, 0.05) is 11.6 Å². The van der Waals surface area contributed by atoms with E-state index in [9.17, 15) is 9.90 Å². The van der Waals surface area contributed by atoms with Gasteiger partial charge in [-0.2, -0.15) is 0 Å². The highest BCUT2D eigenvalue weighted by molar-refractivity contribution is 5.71. The number of hydrogen-bond donors (Lipinski definition) is 1. The number of rotatable bonds is 8. The van der Waals surface area contributed by atoms with E-state index in [-0.39, 0.29) is 6.61 Å². The number of benzene rings is 1. The molecule has 1 rings (SSSR count). The Hall–Kier alpha value is -1.75. The number of methoxy groups -OCH3 is 1. The van der Waals surface area contributed by atoms with Crippen molar-refractivity contribution < 1.29 is 24.1 Å². The molecule has 0 bridgehead atoms. The maximum atomic E-state index is 11.5. The van der Waals surface area contributed by atoms with E-state index in [1.165, 1.54) is 0 Å². The Morgan fingerprint density at radius 2 is 2.15 bits per heavy atom. The van der Waals surface area contributed by atoms with E-state index in [1.807, 2.05) is 6.92 Å². The van der Waals surface area contributed by atoms with Crippen molar-refractivity contribution in [3.63, 3.8) is 0 Å². The van der Waals surface area contributed by atoms with Crippen molar-refractivity contribution in [2.45, 2.75) is 32.8 Å². The molecule has 0 aromatic heterocycles. The third kappa shape index (κ3) is 5.09. The lowest BCUT2D eigenvalue weighted by Gasteiger charge is -2.14. The SMILES string of the molecule is CCCCOC(=O)COc1cc(OC)ccc1[C@@H](C)O. The molecule has 0 radical (unpaired) electrons. The summed E-state index contributed by atoms with van der Waals surface area (Å²) in [6.07, 6.45) is 1.12. The van der Waals surface area contributed by atoms with Crippen molar-refractivity contribution in [3.05, 3.63) is 23.8 Å². The topological polar surface area (TPSA) is 65.0 Å². The molecule has 0 aliphatic heterocycles. The molecule has 0 saturated heterocycles. The molecule has 5 heteroatoms. The number of carbonyl (C=O) groups is 1. The normalized spacial score (nSPS) is 11.8. The van der Waals surface area contributed by atoms with Crippen LogP contribution in [0.4, 0.5) is 0 Å². The van der Waals surface area contributed by atoms with Gasteiger partial charge in [-0.15, -0.1) is 0 Å². The first kappa shape index (κ1) is 16.3. The maximum Gasteiger partial charge on any atom is 0.344 e. The highest BCUT2D eigenvalue weighted by Gasteiger charge is 2.12. The average molecular weight is 282 g/mol. The summed E-state index contributed by atoms with van der Waals surface area (Å²) in [5.74, 6) is 0.605. The third-order valence-corrected chi connectivity index (χ3v) is 2.78. The van der Waals surface area contributed by atoms with Gasteiger partial charge in [-0.3, -0.25) is 0 Å². The lowest BCUT2D eigenvalue weighted by molar-refractivity contribution is -0.146. The standard InChI is InChI=1S/C15H22O5/c1-4-5-8-19-15(17)10-20-14-9-12(18-3)6-7-13(14)11(2)16/h6-7,9,11,16H,4-5,8,10H2,1-3H3/t11-/m1/s1. The van der Waals surface area contributed by atoms with Crippen molar-refractivity contribution in [2.75, 3.05) is 20.3 Å². The second kappa shape index (κ2) is 8.43. The molecule has 0 fully saturated rings. The first-order valence-electron chi connectivity index (χ1n) is 6.73. The molecule has 5 nitrogen and oxygen atoms in total. The Bertz CT molecular complexity index is 428. The van der Waals surface area contributed by atoms with Gasteiger partial charge < -0.3 is 19.3 Å². The summed E-state index contributed by atoms with van der Waals surface area (Å²) >= 11 is 0. The number of esters is 1. The van der Waals surface area contributed by atoms with Gasteiger partial charge in [0.25, 0.3) is 0 Å². The molecule has 20 heavy (non-hydrogen) atoms. The Morgan fingerprint density at radius 3 is 2.75 bits per heavy atom. The Morgan fingerprint density at radius 1 is 1.40 bits per heavy atom. The molecule has 0 saturated carbocycles. The molecule has 0 aliphatic rings. The number of aliphatic hydroxyl groups excluding tert-OH is 1. The van der Waals surface area contributed by atoms with Crippen LogP contribution < -0.4 is 9.47 Å². The summed E-state index contributed by atoms with van der Waals surface area (Å²) < 4.78 is 15.5. The van der Waals surface area contributed by atoms with Crippen LogP contribution in [-0.2, 0) is 9.53 Å². The summed E-state index contributed by atoms with van der Waals surface area (Å²) in [5.41, 5.74) is 0.604. The van der Waals surface area contributed by atoms with E-state index in [0.29, 0.717) is 23.7 Å². The summed E-state index contributed by atoms with van der Waals surface area (Å²) in [6, 6.07) is 5.08. The van der Waals surface area contributed by atoms with Crippen molar-refractivity contribution in [3.8, 4) is 11.5 Å². The molecule has 0 amide bonds. The first-order chi connectivity index (χ1) is 9.58. The largest absolute Gasteiger partial charge is 0.497 e. The fraction of sp³-hybridized carbons (Fsp3) is 0.533. The molecule has 0 aliphatic carbocycles. The molecule has 1 aromatic rings. The van der Waals surface area contributed by atoms with E-state index in [4.69, 9.17) is 14.2 Å². The highest BCUT2D eigenvalue weighted by Crippen LogP contribution is 2.29. The molecular formula is C15H22O5. The van der Waals surface area contributed by atoms with Crippen molar-refractivity contribution in [2.24, 2.45) is 0 Å². The predicted molar refractivity (Wildman–Crippen MR) is 75.0 cm³/mol. The van der Waals surface area contributed by atoms with Crippen LogP contribution in [0.2, 0.25) is 0 Å². The van der Waals surface area contributed by atoms with Crippen molar-refractivity contribution in [1.29, 1.82) is 0 Å². The molecular weight excluding hydrogens is 260 g/mol. The summed E-state index contributed by atoms with van der Waals surface area (Å²) in [6.45, 7) is 3.88. The van der Waals surface area contributed by atoms with E-state index in [1.54, 1.807) is 32.2 Å². The second-order valence-corrected chi connectivity index (χ2v) is 4.44. The van der Waals surface area contributed by atoms with Crippen LogP contribution in [0.3, 0.4) is 0 Å². The van der Waals surface area contributed by atoms with E-state index >= 15 is 0 Å². The lowest BCUT2D eigenvalue weighted by atomic mass is 10.1. The summed E-state index contributed by atoms with van der Waals surface area (Å²) in [4.78, 5) is 11.5. The van der Waals surface area contributed by atoms with E-state index in [0.717, 1.165) is 12.8 Å². The number of unbranched alkanes of at least 4 members (excludes halogenated alkanes) is 1. The fourth-order valence-electron chi connectivity index (χ4n) is 1.62. The zero-order valence-electron chi connectivity index (χ0n) is 12.2. The smallest absolute Gasteiger partial charge is 0.344 e. The molecule has 1 N–H and O–H groups in total. The van der Waals surface area contributed by atoms with Gasteiger partial charge in [0.1, 0.15) is 11.5 Å².